The van der Waals surface area contributed by atoms with E-state index in [9.17, 15) is 4.79 Å². The lowest BCUT2D eigenvalue weighted by Crippen LogP contribution is -2.00. The van der Waals surface area contributed by atoms with Crippen molar-refractivity contribution >= 4 is 16.7 Å². The van der Waals surface area contributed by atoms with Crippen molar-refractivity contribution in [2.24, 2.45) is 0 Å². The third-order valence-corrected chi connectivity index (χ3v) is 1.71. The van der Waals surface area contributed by atoms with E-state index in [-0.39, 0.29) is 11.9 Å². The molecule has 1 aromatic carbocycles. The second kappa shape index (κ2) is 2.94. The summed E-state index contributed by atoms with van der Waals surface area (Å²) in [4.78, 5) is 10.7. The minimum absolute atomic E-state index is 0.267. The van der Waals surface area contributed by atoms with Crippen LogP contribution in [0.2, 0.25) is 0 Å². The summed E-state index contributed by atoms with van der Waals surface area (Å²) in [6.07, 6.45) is 1.56. The van der Waals surface area contributed by atoms with Crippen molar-refractivity contribution in [1.29, 1.82) is 0 Å². The first-order chi connectivity index (χ1) is 6.27. The minimum Gasteiger partial charge on any atom is -0.433 e. The molecular weight excluding hydrogens is 168 g/mol. The van der Waals surface area contributed by atoms with Gasteiger partial charge in [0.1, 0.15) is 6.26 Å². The molecule has 0 fully saturated rings. The molecule has 1 aromatic heterocycles. The van der Waals surface area contributed by atoms with Gasteiger partial charge in [-0.25, -0.2) is 0 Å². The second-order valence-corrected chi connectivity index (χ2v) is 2.70. The zero-order valence-corrected chi connectivity index (χ0v) is 7.11. The van der Waals surface area contributed by atoms with Crippen LogP contribution in [0.15, 0.2) is 34.9 Å². The Morgan fingerprint density at radius 1 is 1.38 bits per heavy atom. The van der Waals surface area contributed by atoms with Crippen molar-refractivity contribution < 1.29 is 13.9 Å². The summed E-state index contributed by atoms with van der Waals surface area (Å²) in [5.41, 5.74) is 0. The van der Waals surface area contributed by atoms with Crippen molar-refractivity contribution in [3.05, 3.63) is 30.5 Å². The van der Waals surface area contributed by atoms with Gasteiger partial charge in [0.25, 0.3) is 5.95 Å². The monoisotopic (exact) mass is 176 g/mol. The highest BCUT2D eigenvalue weighted by atomic mass is 16.6. The molecule has 0 saturated heterocycles. The number of fused-ring (bicyclic) bond motifs is 1. The molecule has 0 aliphatic carbocycles. The molecule has 0 saturated carbocycles. The molecule has 0 unspecified atom stereocenters. The van der Waals surface area contributed by atoms with Gasteiger partial charge in [0, 0.05) is 12.3 Å². The Kier molecular flexibility index (Phi) is 1.77. The van der Waals surface area contributed by atoms with E-state index >= 15 is 0 Å². The highest BCUT2D eigenvalue weighted by molar-refractivity contribution is 5.88. The van der Waals surface area contributed by atoms with Gasteiger partial charge in [0.05, 0.1) is 5.39 Å². The molecule has 2 rings (SSSR count). The van der Waals surface area contributed by atoms with Crippen molar-refractivity contribution in [2.75, 3.05) is 0 Å². The number of esters is 1. The van der Waals surface area contributed by atoms with Gasteiger partial charge in [0.2, 0.25) is 0 Å². The van der Waals surface area contributed by atoms with E-state index in [1.54, 1.807) is 6.26 Å². The van der Waals surface area contributed by atoms with Crippen molar-refractivity contribution in [3.63, 3.8) is 0 Å². The quantitative estimate of drug-likeness (QED) is 0.626. The normalized spacial score (nSPS) is 10.2. The summed E-state index contributed by atoms with van der Waals surface area (Å²) in [7, 11) is 0. The van der Waals surface area contributed by atoms with Gasteiger partial charge in [-0.05, 0) is 6.07 Å². The smallest absolute Gasteiger partial charge is 0.310 e. The molecule has 13 heavy (non-hydrogen) atoms. The Hall–Kier alpha value is -1.77. The molecule has 0 N–H and O–H groups in total. The fraction of sp³-hybridized carbons (Fsp3) is 0.100. The average molecular weight is 176 g/mol. The number of rotatable bonds is 1. The third kappa shape index (κ3) is 1.40. The lowest BCUT2D eigenvalue weighted by molar-refractivity contribution is -0.132. The third-order valence-electron chi connectivity index (χ3n) is 1.71. The van der Waals surface area contributed by atoms with Crippen LogP contribution >= 0.6 is 0 Å². The van der Waals surface area contributed by atoms with Crippen LogP contribution in [0.3, 0.4) is 0 Å². The first-order valence-corrected chi connectivity index (χ1v) is 3.92. The van der Waals surface area contributed by atoms with Gasteiger partial charge in [-0.15, -0.1) is 0 Å². The molecule has 0 aliphatic heterocycles. The summed E-state index contributed by atoms with van der Waals surface area (Å²) < 4.78 is 9.94. The Morgan fingerprint density at radius 2 is 2.15 bits per heavy atom. The summed E-state index contributed by atoms with van der Waals surface area (Å²) in [5.74, 6) is -0.108. The molecule has 0 amide bonds. The van der Waals surface area contributed by atoms with Gasteiger partial charge in [-0.1, -0.05) is 18.2 Å². The van der Waals surface area contributed by atoms with Crippen LogP contribution in [-0.4, -0.2) is 5.97 Å². The number of carbonyl (C=O) groups is 1. The van der Waals surface area contributed by atoms with E-state index in [1.165, 1.54) is 6.92 Å². The van der Waals surface area contributed by atoms with Crippen molar-refractivity contribution in [3.8, 4) is 5.95 Å². The first-order valence-electron chi connectivity index (χ1n) is 3.92. The van der Waals surface area contributed by atoms with E-state index in [0.717, 1.165) is 10.8 Å². The van der Waals surface area contributed by atoms with Gasteiger partial charge < -0.3 is 9.15 Å². The van der Waals surface area contributed by atoms with Crippen molar-refractivity contribution in [2.45, 2.75) is 6.92 Å². The lowest BCUT2D eigenvalue weighted by Gasteiger charge is -1.94. The molecule has 3 nitrogen and oxygen atoms in total. The lowest BCUT2D eigenvalue weighted by atomic mass is 10.2. The van der Waals surface area contributed by atoms with E-state index in [1.807, 2.05) is 24.3 Å². The Bertz CT molecular complexity index is 442. The Labute approximate surface area is 74.9 Å². The Balaban J connectivity index is 2.51. The van der Waals surface area contributed by atoms with Crippen LogP contribution in [0.5, 0.6) is 5.95 Å². The SMILES string of the molecule is CC(=O)Oc1occ2ccccc12. The molecule has 0 bridgehead atoms. The van der Waals surface area contributed by atoms with Gasteiger partial charge in [-0.2, -0.15) is 0 Å². The standard InChI is InChI=1S/C10H8O3/c1-7(11)13-10-9-5-3-2-4-8(9)6-12-10/h2-6H,1H3. The summed E-state index contributed by atoms with van der Waals surface area (Å²) in [6.45, 7) is 1.34. The van der Waals surface area contributed by atoms with Crippen LogP contribution in [-0.2, 0) is 4.79 Å². The highest BCUT2D eigenvalue weighted by Crippen LogP contribution is 2.27. The highest BCUT2D eigenvalue weighted by Gasteiger charge is 2.07. The van der Waals surface area contributed by atoms with Crippen LogP contribution in [0.4, 0.5) is 0 Å². The number of hydrogen-bond acceptors (Lipinski definition) is 3. The first kappa shape index (κ1) is 7.86. The number of benzene rings is 1. The number of ether oxygens (including phenoxy) is 1. The van der Waals surface area contributed by atoms with Crippen LogP contribution < -0.4 is 4.74 Å². The molecule has 1 heterocycles. The summed E-state index contributed by atoms with van der Waals surface area (Å²) >= 11 is 0. The van der Waals surface area contributed by atoms with E-state index in [0.29, 0.717) is 0 Å². The Morgan fingerprint density at radius 3 is 2.92 bits per heavy atom. The predicted octanol–water partition coefficient (Wildman–Crippen LogP) is 2.36. The van der Waals surface area contributed by atoms with E-state index in [2.05, 4.69) is 0 Å². The molecular formula is C10H8O3. The maximum atomic E-state index is 10.7. The largest absolute Gasteiger partial charge is 0.433 e. The zero-order valence-electron chi connectivity index (χ0n) is 7.11. The minimum atomic E-state index is -0.375. The number of furan rings is 1. The van der Waals surface area contributed by atoms with Gasteiger partial charge in [0.15, 0.2) is 0 Å². The van der Waals surface area contributed by atoms with Crippen LogP contribution in [0, 0.1) is 0 Å². The summed E-state index contributed by atoms with van der Waals surface area (Å²) in [5, 5.41) is 1.75. The summed E-state index contributed by atoms with van der Waals surface area (Å²) in [6, 6.07) is 7.50. The van der Waals surface area contributed by atoms with E-state index < -0.39 is 0 Å². The fourth-order valence-electron chi connectivity index (χ4n) is 1.18. The van der Waals surface area contributed by atoms with E-state index in [4.69, 9.17) is 9.15 Å². The average Bonchev–Trinajstić information content (AvgIpc) is 2.48. The van der Waals surface area contributed by atoms with Gasteiger partial charge in [-0.3, -0.25) is 4.79 Å². The predicted molar refractivity (Wildman–Crippen MR) is 47.5 cm³/mol. The van der Waals surface area contributed by atoms with Crippen molar-refractivity contribution in [1.82, 2.24) is 0 Å². The maximum absolute atomic E-state index is 10.7. The fourth-order valence-corrected chi connectivity index (χ4v) is 1.18. The van der Waals surface area contributed by atoms with Crippen LogP contribution in [0.25, 0.3) is 10.8 Å². The molecule has 0 atom stereocenters. The molecule has 0 aliphatic rings. The topological polar surface area (TPSA) is 39.4 Å². The molecule has 0 spiro atoms. The maximum Gasteiger partial charge on any atom is 0.310 e. The second-order valence-electron chi connectivity index (χ2n) is 2.70. The molecule has 0 radical (unpaired) electrons. The number of hydrogen-bond donors (Lipinski definition) is 0. The molecule has 2 aromatic rings. The molecule has 3 heteroatoms. The van der Waals surface area contributed by atoms with Crippen LogP contribution in [0.1, 0.15) is 6.92 Å². The van der Waals surface area contributed by atoms with Gasteiger partial charge >= 0.3 is 5.97 Å². The molecule has 66 valence electrons. The zero-order chi connectivity index (χ0) is 9.26. The number of carbonyl (C=O) groups excluding carboxylic acids is 1.